The lowest BCUT2D eigenvalue weighted by Gasteiger charge is -2.27. The molecular weight excluding hydrogens is 664 g/mol. The van der Waals surface area contributed by atoms with Crippen molar-refractivity contribution in [2.24, 2.45) is 11.8 Å². The molecule has 14 heteroatoms. The quantitative estimate of drug-likeness (QED) is 0.179. The van der Waals surface area contributed by atoms with Crippen LogP contribution in [-0.2, 0) is 28.4 Å². The Labute approximate surface area is 308 Å². The van der Waals surface area contributed by atoms with Crippen molar-refractivity contribution in [3.63, 3.8) is 0 Å². The molecule has 3 heterocycles. The molecule has 1 aliphatic rings. The Morgan fingerprint density at radius 3 is 1.27 bits per heavy atom. The minimum absolute atomic E-state index is 0.216. The number of hydrogen-bond acceptors (Lipinski definition) is 12. The van der Waals surface area contributed by atoms with Crippen molar-refractivity contribution in [2.45, 2.75) is 53.0 Å². The monoisotopic (exact) mass is 724 g/mol. The summed E-state index contributed by atoms with van der Waals surface area (Å²) in [5.41, 5.74) is 3.69. The zero-order chi connectivity index (χ0) is 36.4. The standard InChI is InChI=1S/C38H60N8O6/c1-31(2)29-51-37(45-35-11-7-5-9-33(35)39-41-45)13-15-43-17-21-47-25-27-49-23-19-44(20-24-50-28-26-48-22-18-43)16-14-38(52-30-32(3)4)46-36-12-8-6-10-34(36)40-42-46/h5-12,31-32,37-38H,13-30H2,1-4H3. The molecule has 2 unspecified atom stereocenters. The van der Waals surface area contributed by atoms with Gasteiger partial charge in [-0.3, -0.25) is 9.80 Å². The number of rotatable bonds is 14. The van der Waals surface area contributed by atoms with E-state index in [4.69, 9.17) is 28.4 Å². The van der Waals surface area contributed by atoms with Gasteiger partial charge in [0.25, 0.3) is 0 Å². The van der Waals surface area contributed by atoms with Crippen LogP contribution in [-0.4, -0.2) is 145 Å². The first-order chi connectivity index (χ1) is 25.5. The van der Waals surface area contributed by atoms with Crippen LogP contribution < -0.4 is 0 Å². The molecular formula is C38H60N8O6. The molecule has 5 rings (SSSR count). The average molecular weight is 725 g/mol. The number of hydrogen-bond donors (Lipinski definition) is 0. The van der Waals surface area contributed by atoms with Gasteiger partial charge in [0.1, 0.15) is 11.0 Å². The molecule has 0 saturated carbocycles. The highest BCUT2D eigenvalue weighted by molar-refractivity contribution is 5.74. The first kappa shape index (κ1) is 40.1. The Kier molecular flexibility index (Phi) is 17.1. The molecule has 2 aromatic heterocycles. The first-order valence-corrected chi connectivity index (χ1v) is 19.1. The van der Waals surface area contributed by atoms with E-state index in [0.29, 0.717) is 77.9 Å². The average Bonchev–Trinajstić information content (AvgIpc) is 3.77. The molecule has 0 amide bonds. The number of para-hydroxylation sites is 2. The molecule has 0 spiro atoms. The largest absolute Gasteiger partial charge is 0.378 e. The lowest BCUT2D eigenvalue weighted by molar-refractivity contribution is -0.0349. The van der Waals surface area contributed by atoms with E-state index in [1.54, 1.807) is 0 Å². The topological polar surface area (TPSA) is 123 Å². The van der Waals surface area contributed by atoms with Crippen LogP contribution in [0.3, 0.4) is 0 Å². The summed E-state index contributed by atoms with van der Waals surface area (Å²) in [4.78, 5) is 4.74. The number of aromatic nitrogens is 6. The minimum Gasteiger partial charge on any atom is -0.378 e. The normalized spacial score (nSPS) is 18.6. The fourth-order valence-corrected chi connectivity index (χ4v) is 6.03. The van der Waals surface area contributed by atoms with Crippen LogP contribution in [0, 0.1) is 11.8 Å². The first-order valence-electron chi connectivity index (χ1n) is 19.1. The van der Waals surface area contributed by atoms with Crippen LogP contribution in [0.5, 0.6) is 0 Å². The van der Waals surface area contributed by atoms with E-state index in [1.165, 1.54) is 0 Å². The number of ether oxygens (including phenoxy) is 6. The fraction of sp³-hybridized carbons (Fsp3) is 0.684. The van der Waals surface area contributed by atoms with E-state index in [1.807, 2.05) is 57.9 Å². The van der Waals surface area contributed by atoms with Crippen molar-refractivity contribution in [1.82, 2.24) is 39.8 Å². The molecule has 14 nitrogen and oxygen atoms in total. The van der Waals surface area contributed by atoms with E-state index < -0.39 is 0 Å². The third-order valence-electron chi connectivity index (χ3n) is 8.88. The highest BCUT2D eigenvalue weighted by atomic mass is 16.5. The van der Waals surface area contributed by atoms with Crippen LogP contribution >= 0.6 is 0 Å². The molecule has 2 aromatic carbocycles. The second kappa shape index (κ2) is 22.2. The summed E-state index contributed by atoms with van der Waals surface area (Å²) in [6.07, 6.45) is 1.10. The highest BCUT2D eigenvalue weighted by Crippen LogP contribution is 2.22. The number of nitrogens with zero attached hydrogens (tertiary/aromatic N) is 8. The third-order valence-corrected chi connectivity index (χ3v) is 8.88. The Balaban J connectivity index is 1.10. The SMILES string of the molecule is CC(C)COC(CCN1CCOCCOCCN(CCC(OCC(C)C)n2nnc3ccccc32)CCOCCOCC1)n1nnc2ccccc21. The van der Waals surface area contributed by atoms with Gasteiger partial charge >= 0.3 is 0 Å². The maximum Gasteiger partial charge on any atom is 0.153 e. The molecule has 1 fully saturated rings. The Hall–Kier alpha value is -3.08. The van der Waals surface area contributed by atoms with Gasteiger partial charge in [-0.2, -0.15) is 0 Å². The predicted octanol–water partition coefficient (Wildman–Crippen LogP) is 4.68. The van der Waals surface area contributed by atoms with Crippen LogP contribution in [0.1, 0.15) is 53.0 Å². The molecule has 0 N–H and O–H groups in total. The lowest BCUT2D eigenvalue weighted by atomic mass is 10.2. The molecule has 288 valence electrons. The van der Waals surface area contributed by atoms with Gasteiger partial charge in [0.15, 0.2) is 12.5 Å². The van der Waals surface area contributed by atoms with E-state index in [-0.39, 0.29) is 12.5 Å². The number of fused-ring (bicyclic) bond motifs is 2. The molecule has 52 heavy (non-hydrogen) atoms. The van der Waals surface area contributed by atoms with E-state index in [0.717, 1.165) is 74.2 Å². The Bertz CT molecular complexity index is 1420. The third kappa shape index (κ3) is 13.1. The maximum absolute atomic E-state index is 6.37. The molecule has 1 aliphatic heterocycles. The Morgan fingerprint density at radius 1 is 0.538 bits per heavy atom. The van der Waals surface area contributed by atoms with Gasteiger partial charge in [0.05, 0.1) is 77.1 Å². The second-order valence-corrected chi connectivity index (χ2v) is 14.1. The summed E-state index contributed by atoms with van der Waals surface area (Å²) < 4.78 is 40.7. The summed E-state index contributed by atoms with van der Waals surface area (Å²) in [6, 6.07) is 16.0. The predicted molar refractivity (Wildman–Crippen MR) is 200 cm³/mol. The van der Waals surface area contributed by atoms with Crippen LogP contribution in [0.15, 0.2) is 48.5 Å². The van der Waals surface area contributed by atoms with Crippen molar-refractivity contribution in [3.05, 3.63) is 48.5 Å². The van der Waals surface area contributed by atoms with Gasteiger partial charge in [-0.15, -0.1) is 10.2 Å². The van der Waals surface area contributed by atoms with Gasteiger partial charge in [0, 0.05) is 52.1 Å². The summed E-state index contributed by atoms with van der Waals surface area (Å²) >= 11 is 0. The molecule has 0 bridgehead atoms. The van der Waals surface area contributed by atoms with Gasteiger partial charge in [-0.25, -0.2) is 9.36 Å². The Morgan fingerprint density at radius 2 is 0.904 bits per heavy atom. The van der Waals surface area contributed by atoms with E-state index in [9.17, 15) is 0 Å². The zero-order valence-corrected chi connectivity index (χ0v) is 31.7. The molecule has 0 radical (unpaired) electrons. The van der Waals surface area contributed by atoms with Crippen molar-refractivity contribution in [1.29, 1.82) is 0 Å². The maximum atomic E-state index is 6.37. The highest BCUT2D eigenvalue weighted by Gasteiger charge is 2.20. The molecule has 0 aliphatic carbocycles. The van der Waals surface area contributed by atoms with Gasteiger partial charge in [-0.1, -0.05) is 62.4 Å². The molecule has 1 saturated heterocycles. The number of benzene rings is 2. The second-order valence-electron chi connectivity index (χ2n) is 14.1. The van der Waals surface area contributed by atoms with Crippen LogP contribution in [0.25, 0.3) is 22.1 Å². The lowest BCUT2D eigenvalue weighted by Crippen LogP contribution is -2.35. The van der Waals surface area contributed by atoms with E-state index >= 15 is 0 Å². The summed E-state index contributed by atoms with van der Waals surface area (Å²) in [5.74, 6) is 0.826. The smallest absolute Gasteiger partial charge is 0.153 e. The van der Waals surface area contributed by atoms with Gasteiger partial charge < -0.3 is 28.4 Å². The molecule has 2 atom stereocenters. The van der Waals surface area contributed by atoms with Crippen molar-refractivity contribution < 1.29 is 28.4 Å². The van der Waals surface area contributed by atoms with E-state index in [2.05, 4.69) is 58.1 Å². The van der Waals surface area contributed by atoms with Gasteiger partial charge in [-0.05, 0) is 36.1 Å². The minimum atomic E-state index is -0.216. The summed E-state index contributed by atoms with van der Waals surface area (Å²) in [6.45, 7) is 19.3. The summed E-state index contributed by atoms with van der Waals surface area (Å²) in [7, 11) is 0. The molecule has 4 aromatic rings. The van der Waals surface area contributed by atoms with Gasteiger partial charge in [0.2, 0.25) is 0 Å². The summed E-state index contributed by atoms with van der Waals surface area (Å²) in [5, 5.41) is 17.7. The van der Waals surface area contributed by atoms with Crippen molar-refractivity contribution in [2.75, 3.05) is 105 Å². The van der Waals surface area contributed by atoms with Crippen molar-refractivity contribution in [3.8, 4) is 0 Å². The van der Waals surface area contributed by atoms with Crippen molar-refractivity contribution >= 4 is 22.1 Å². The van der Waals surface area contributed by atoms with Crippen LogP contribution in [0.4, 0.5) is 0 Å². The van der Waals surface area contributed by atoms with Crippen LogP contribution in [0.2, 0.25) is 0 Å². The fourth-order valence-electron chi connectivity index (χ4n) is 6.03. The zero-order valence-electron chi connectivity index (χ0n) is 31.7.